The lowest BCUT2D eigenvalue weighted by atomic mass is 10.2. The van der Waals surface area contributed by atoms with Crippen molar-refractivity contribution < 1.29 is 14.7 Å². The number of carbonyl (C=O) groups excluding carboxylic acids is 2. The van der Waals surface area contributed by atoms with E-state index in [2.05, 4.69) is 10.6 Å². The molecule has 0 aromatic rings. The van der Waals surface area contributed by atoms with Crippen LogP contribution in [-0.2, 0) is 9.59 Å². The summed E-state index contributed by atoms with van der Waals surface area (Å²) in [6.45, 7) is 4.14. The minimum absolute atomic E-state index is 0.0499. The standard InChI is InChI=1S/C11H23N3O3/c1-8(2)11(17)13-6-10(16)12-5-9(15)7-14(3)4/h8-9,15H,5-7H2,1-4H3,(H,12,16)(H,13,17). The van der Waals surface area contributed by atoms with Crippen molar-refractivity contribution in [2.45, 2.75) is 20.0 Å². The number of nitrogens with one attached hydrogen (secondary N) is 2. The maximum absolute atomic E-state index is 11.3. The first kappa shape index (κ1) is 15.9. The van der Waals surface area contributed by atoms with Gasteiger partial charge < -0.3 is 20.6 Å². The lowest BCUT2D eigenvalue weighted by molar-refractivity contribution is -0.128. The highest BCUT2D eigenvalue weighted by molar-refractivity contribution is 5.85. The SMILES string of the molecule is CC(C)C(=O)NCC(=O)NCC(O)CN(C)C. The minimum Gasteiger partial charge on any atom is -0.390 e. The van der Waals surface area contributed by atoms with E-state index in [-0.39, 0.29) is 30.8 Å². The molecule has 3 N–H and O–H groups in total. The van der Waals surface area contributed by atoms with Gasteiger partial charge in [0, 0.05) is 19.0 Å². The summed E-state index contributed by atoms with van der Waals surface area (Å²) in [7, 11) is 3.68. The minimum atomic E-state index is -0.602. The number of carbonyl (C=O) groups is 2. The molecule has 0 aliphatic heterocycles. The molecule has 0 saturated heterocycles. The van der Waals surface area contributed by atoms with E-state index < -0.39 is 6.10 Å². The van der Waals surface area contributed by atoms with Gasteiger partial charge in [0.2, 0.25) is 11.8 Å². The van der Waals surface area contributed by atoms with Crippen LogP contribution in [0.15, 0.2) is 0 Å². The molecular formula is C11H23N3O3. The van der Waals surface area contributed by atoms with Crippen LogP contribution in [0.3, 0.4) is 0 Å². The van der Waals surface area contributed by atoms with E-state index in [4.69, 9.17) is 0 Å². The molecular weight excluding hydrogens is 222 g/mol. The molecule has 1 unspecified atom stereocenters. The average molecular weight is 245 g/mol. The summed E-state index contributed by atoms with van der Waals surface area (Å²) in [6.07, 6.45) is -0.602. The molecule has 6 nitrogen and oxygen atoms in total. The third-order valence-corrected chi connectivity index (χ3v) is 2.06. The summed E-state index contributed by atoms with van der Waals surface area (Å²) in [5.74, 6) is -0.590. The van der Waals surface area contributed by atoms with Gasteiger partial charge in [-0.3, -0.25) is 9.59 Å². The number of hydrogen-bond acceptors (Lipinski definition) is 4. The topological polar surface area (TPSA) is 81.7 Å². The molecule has 100 valence electrons. The molecule has 0 aliphatic carbocycles. The van der Waals surface area contributed by atoms with Crippen LogP contribution in [0.4, 0.5) is 0 Å². The maximum atomic E-state index is 11.3. The summed E-state index contributed by atoms with van der Waals surface area (Å²) < 4.78 is 0. The van der Waals surface area contributed by atoms with Gasteiger partial charge in [0.15, 0.2) is 0 Å². The summed E-state index contributed by atoms with van der Waals surface area (Å²) in [5, 5.41) is 14.5. The molecule has 0 spiro atoms. The summed E-state index contributed by atoms with van der Waals surface area (Å²) in [4.78, 5) is 24.3. The van der Waals surface area contributed by atoms with Crippen LogP contribution in [0.5, 0.6) is 0 Å². The van der Waals surface area contributed by atoms with Crippen molar-refractivity contribution in [1.82, 2.24) is 15.5 Å². The van der Waals surface area contributed by atoms with Crippen LogP contribution in [0, 0.1) is 5.92 Å². The first-order valence-electron chi connectivity index (χ1n) is 5.70. The number of aliphatic hydroxyl groups excluding tert-OH is 1. The monoisotopic (exact) mass is 245 g/mol. The molecule has 2 amide bonds. The molecule has 0 aromatic heterocycles. The predicted molar refractivity (Wildman–Crippen MR) is 65.4 cm³/mol. The Morgan fingerprint density at radius 3 is 2.29 bits per heavy atom. The zero-order valence-corrected chi connectivity index (χ0v) is 11.0. The molecule has 1 atom stereocenters. The molecule has 0 aliphatic rings. The first-order valence-corrected chi connectivity index (χ1v) is 5.70. The van der Waals surface area contributed by atoms with Gasteiger partial charge in [-0.05, 0) is 14.1 Å². The second-order valence-electron chi connectivity index (χ2n) is 4.59. The van der Waals surface area contributed by atoms with Crippen molar-refractivity contribution in [2.24, 2.45) is 5.92 Å². The summed E-state index contributed by atoms with van der Waals surface area (Å²) in [6, 6.07) is 0. The average Bonchev–Trinajstić information content (AvgIpc) is 2.21. The Balaban J connectivity index is 3.70. The highest BCUT2D eigenvalue weighted by atomic mass is 16.3. The summed E-state index contributed by atoms with van der Waals surface area (Å²) >= 11 is 0. The molecule has 0 aromatic carbocycles. The number of rotatable bonds is 7. The van der Waals surface area contributed by atoms with Crippen molar-refractivity contribution in [1.29, 1.82) is 0 Å². The number of amides is 2. The molecule has 0 fully saturated rings. The number of likely N-dealkylation sites (N-methyl/N-ethyl adjacent to an activating group) is 1. The largest absolute Gasteiger partial charge is 0.390 e. The van der Waals surface area contributed by atoms with Gasteiger partial charge in [-0.15, -0.1) is 0 Å². The van der Waals surface area contributed by atoms with Crippen molar-refractivity contribution >= 4 is 11.8 Å². The lowest BCUT2D eigenvalue weighted by Gasteiger charge is -2.16. The molecule has 6 heteroatoms. The molecule has 0 radical (unpaired) electrons. The predicted octanol–water partition coefficient (Wildman–Crippen LogP) is -1.20. The Bertz CT molecular complexity index is 254. The Kier molecular flexibility index (Phi) is 7.49. The second-order valence-corrected chi connectivity index (χ2v) is 4.59. The van der Waals surface area contributed by atoms with E-state index >= 15 is 0 Å². The van der Waals surface area contributed by atoms with E-state index in [1.54, 1.807) is 13.8 Å². The van der Waals surface area contributed by atoms with Crippen LogP contribution >= 0.6 is 0 Å². The zero-order chi connectivity index (χ0) is 13.4. The van der Waals surface area contributed by atoms with Crippen LogP contribution in [0.2, 0.25) is 0 Å². The molecule has 0 rings (SSSR count). The smallest absolute Gasteiger partial charge is 0.239 e. The number of nitrogens with zero attached hydrogens (tertiary/aromatic N) is 1. The van der Waals surface area contributed by atoms with Crippen molar-refractivity contribution in [2.75, 3.05) is 33.7 Å². The van der Waals surface area contributed by atoms with Gasteiger partial charge in [0.1, 0.15) is 0 Å². The number of hydrogen-bond donors (Lipinski definition) is 3. The van der Waals surface area contributed by atoms with Crippen molar-refractivity contribution in [3.63, 3.8) is 0 Å². The van der Waals surface area contributed by atoms with Crippen LogP contribution in [0.25, 0.3) is 0 Å². The van der Waals surface area contributed by atoms with Crippen LogP contribution < -0.4 is 10.6 Å². The van der Waals surface area contributed by atoms with E-state index in [0.29, 0.717) is 6.54 Å². The van der Waals surface area contributed by atoms with Crippen molar-refractivity contribution in [3.05, 3.63) is 0 Å². The quantitative estimate of drug-likeness (QED) is 0.526. The third kappa shape index (κ3) is 8.65. The molecule has 0 saturated carbocycles. The van der Waals surface area contributed by atoms with E-state index in [1.807, 2.05) is 19.0 Å². The highest BCUT2D eigenvalue weighted by Crippen LogP contribution is 1.89. The Morgan fingerprint density at radius 1 is 1.24 bits per heavy atom. The highest BCUT2D eigenvalue weighted by Gasteiger charge is 2.10. The fraction of sp³-hybridized carbons (Fsp3) is 0.818. The van der Waals surface area contributed by atoms with Gasteiger partial charge in [-0.1, -0.05) is 13.8 Å². The second kappa shape index (κ2) is 8.03. The normalized spacial score (nSPS) is 12.6. The van der Waals surface area contributed by atoms with Gasteiger partial charge in [0.05, 0.1) is 12.6 Å². The van der Waals surface area contributed by atoms with E-state index in [0.717, 1.165) is 0 Å². The Hall–Kier alpha value is -1.14. The van der Waals surface area contributed by atoms with Gasteiger partial charge in [-0.2, -0.15) is 0 Å². The van der Waals surface area contributed by atoms with Gasteiger partial charge in [0.25, 0.3) is 0 Å². The van der Waals surface area contributed by atoms with Gasteiger partial charge in [-0.25, -0.2) is 0 Å². The third-order valence-electron chi connectivity index (χ3n) is 2.06. The Morgan fingerprint density at radius 2 is 1.82 bits per heavy atom. The fourth-order valence-corrected chi connectivity index (χ4v) is 1.15. The van der Waals surface area contributed by atoms with Crippen LogP contribution in [-0.4, -0.2) is 61.7 Å². The molecule has 17 heavy (non-hydrogen) atoms. The number of aliphatic hydroxyl groups is 1. The lowest BCUT2D eigenvalue weighted by Crippen LogP contribution is -2.43. The summed E-state index contributed by atoms with van der Waals surface area (Å²) in [5.41, 5.74) is 0. The zero-order valence-electron chi connectivity index (χ0n) is 11.0. The Labute approximate surface area is 102 Å². The van der Waals surface area contributed by atoms with E-state index in [9.17, 15) is 14.7 Å². The molecule has 0 bridgehead atoms. The van der Waals surface area contributed by atoms with Crippen molar-refractivity contribution in [3.8, 4) is 0 Å². The van der Waals surface area contributed by atoms with Gasteiger partial charge >= 0.3 is 0 Å². The molecule has 0 heterocycles. The fourth-order valence-electron chi connectivity index (χ4n) is 1.15. The van der Waals surface area contributed by atoms with E-state index in [1.165, 1.54) is 0 Å². The maximum Gasteiger partial charge on any atom is 0.239 e. The van der Waals surface area contributed by atoms with Crippen LogP contribution in [0.1, 0.15) is 13.8 Å². The first-order chi connectivity index (χ1) is 7.82.